The molecule has 1 amide bonds. The van der Waals surface area contributed by atoms with Crippen LogP contribution in [-0.4, -0.2) is 18.4 Å². The zero-order valence-electron chi connectivity index (χ0n) is 13.3. The average molecular weight is 417 g/mol. The Balaban J connectivity index is 2.28. The Morgan fingerprint density at radius 1 is 0.964 bits per heavy atom. The minimum atomic E-state index is -5.10. The van der Waals surface area contributed by atoms with E-state index in [1.165, 1.54) is 0 Å². The van der Waals surface area contributed by atoms with E-state index in [-0.39, 0.29) is 6.07 Å². The van der Waals surface area contributed by atoms with Crippen LogP contribution in [0.4, 0.5) is 45.2 Å². The summed E-state index contributed by atoms with van der Waals surface area (Å²) in [4.78, 5) is 12.0. The minimum Gasteiger partial charge on any atom is -0.428 e. The highest BCUT2D eigenvalue weighted by molar-refractivity contribution is 6.04. The molecule has 0 fully saturated rings. The van der Waals surface area contributed by atoms with E-state index in [1.807, 2.05) is 5.32 Å². The molecule has 0 aliphatic carbocycles. The van der Waals surface area contributed by atoms with Gasteiger partial charge in [0.1, 0.15) is 17.4 Å². The number of amides is 1. The van der Waals surface area contributed by atoms with Gasteiger partial charge in [0.2, 0.25) is 0 Å². The summed E-state index contributed by atoms with van der Waals surface area (Å²) < 4.78 is 118. The highest BCUT2D eigenvalue weighted by Crippen LogP contribution is 2.33. The van der Waals surface area contributed by atoms with Crippen LogP contribution in [0.25, 0.3) is 0 Å². The number of nitrogens with one attached hydrogen (secondary N) is 1. The van der Waals surface area contributed by atoms with Crippen molar-refractivity contribution in [1.29, 1.82) is 0 Å². The van der Waals surface area contributed by atoms with Gasteiger partial charge in [-0.2, -0.15) is 30.7 Å². The molecule has 0 aliphatic rings. The van der Waals surface area contributed by atoms with Crippen molar-refractivity contribution in [1.82, 2.24) is 0 Å². The molecule has 0 atom stereocenters. The molecule has 28 heavy (non-hydrogen) atoms. The van der Waals surface area contributed by atoms with Crippen LogP contribution in [0.2, 0.25) is 0 Å². The lowest BCUT2D eigenvalue weighted by molar-refractivity contribution is -0.253. The van der Waals surface area contributed by atoms with E-state index in [1.54, 1.807) is 0 Å². The molecule has 0 saturated heterocycles. The second-order valence-corrected chi connectivity index (χ2v) is 5.29. The van der Waals surface area contributed by atoms with Gasteiger partial charge < -0.3 is 10.1 Å². The normalized spacial score (nSPS) is 12.2. The number of halogens is 9. The number of ether oxygens (including phenoxy) is 1. The van der Waals surface area contributed by atoms with Crippen LogP contribution in [0.3, 0.4) is 0 Å². The fraction of sp³-hybridized carbons (Fsp3) is 0.188. The first-order chi connectivity index (χ1) is 12.8. The fourth-order valence-electron chi connectivity index (χ4n) is 1.98. The van der Waals surface area contributed by atoms with Crippen LogP contribution in [0.15, 0.2) is 36.4 Å². The van der Waals surface area contributed by atoms with E-state index in [0.29, 0.717) is 30.3 Å². The first-order valence-corrected chi connectivity index (χ1v) is 7.13. The van der Waals surface area contributed by atoms with E-state index in [0.717, 1.165) is 0 Å². The average Bonchev–Trinajstić information content (AvgIpc) is 2.52. The lowest BCUT2D eigenvalue weighted by Crippen LogP contribution is -2.33. The van der Waals surface area contributed by atoms with Crippen molar-refractivity contribution < 1.29 is 49.0 Å². The molecule has 0 radical (unpaired) electrons. The van der Waals surface area contributed by atoms with E-state index in [9.17, 15) is 44.3 Å². The summed E-state index contributed by atoms with van der Waals surface area (Å²) in [7, 11) is 0. The summed E-state index contributed by atoms with van der Waals surface area (Å²) in [5.41, 5.74) is -3.00. The number of alkyl halides is 7. The number of carbonyl (C=O) groups is 1. The Bertz CT molecular complexity index is 881. The summed E-state index contributed by atoms with van der Waals surface area (Å²) in [6, 6.07) is 2.70. The molecule has 152 valence electrons. The predicted molar refractivity (Wildman–Crippen MR) is 77.3 cm³/mol. The van der Waals surface area contributed by atoms with Crippen molar-refractivity contribution in [2.24, 2.45) is 0 Å². The third-order valence-corrected chi connectivity index (χ3v) is 3.17. The molecule has 2 aromatic rings. The van der Waals surface area contributed by atoms with Crippen molar-refractivity contribution >= 4 is 11.6 Å². The van der Waals surface area contributed by atoms with E-state index >= 15 is 0 Å². The molecule has 12 heteroatoms. The summed E-state index contributed by atoms with van der Waals surface area (Å²) in [5.74, 6) is -5.26. The molecular formula is C16H8F9NO2. The SMILES string of the molecule is O=C(Nc1cc(F)cc(OC(F)(F)C(F)F)c1)c1ccc(F)c(C(F)(F)F)c1. The molecule has 0 unspecified atom stereocenters. The maximum atomic E-state index is 13.5. The largest absolute Gasteiger partial charge is 0.461 e. The van der Waals surface area contributed by atoms with Gasteiger partial charge in [-0.05, 0) is 24.3 Å². The molecule has 2 rings (SSSR count). The molecule has 1 N–H and O–H groups in total. The maximum Gasteiger partial charge on any atom is 0.461 e. The Hall–Kier alpha value is -2.92. The number of hydrogen-bond acceptors (Lipinski definition) is 2. The number of carbonyl (C=O) groups excluding carboxylic acids is 1. The van der Waals surface area contributed by atoms with Crippen molar-refractivity contribution in [2.75, 3.05) is 5.32 Å². The summed E-state index contributed by atoms with van der Waals surface area (Å²) >= 11 is 0. The van der Waals surface area contributed by atoms with Gasteiger partial charge in [-0.25, -0.2) is 8.78 Å². The second kappa shape index (κ2) is 7.60. The maximum absolute atomic E-state index is 13.5. The minimum absolute atomic E-state index is 0.187. The zero-order chi connectivity index (χ0) is 21.3. The molecule has 0 heterocycles. The molecule has 0 aromatic heterocycles. The van der Waals surface area contributed by atoms with Crippen LogP contribution in [0, 0.1) is 11.6 Å². The smallest absolute Gasteiger partial charge is 0.428 e. The van der Waals surface area contributed by atoms with E-state index < -0.39 is 58.8 Å². The molecule has 0 bridgehead atoms. The molecule has 0 aliphatic heterocycles. The first kappa shape index (κ1) is 21.4. The monoisotopic (exact) mass is 417 g/mol. The topological polar surface area (TPSA) is 38.3 Å². The highest BCUT2D eigenvalue weighted by atomic mass is 19.4. The van der Waals surface area contributed by atoms with Crippen LogP contribution < -0.4 is 10.1 Å². The Morgan fingerprint density at radius 2 is 1.61 bits per heavy atom. The van der Waals surface area contributed by atoms with Gasteiger partial charge in [-0.3, -0.25) is 4.79 Å². The lowest BCUT2D eigenvalue weighted by Gasteiger charge is -2.17. The second-order valence-electron chi connectivity index (χ2n) is 5.29. The van der Waals surface area contributed by atoms with Crippen molar-refractivity contribution in [3.63, 3.8) is 0 Å². The zero-order valence-corrected chi connectivity index (χ0v) is 13.3. The standard InChI is InChI=1S/C16H8F9NO2/c17-8-4-9(6-10(5-8)28-16(24,25)14(19)20)26-13(27)7-1-2-12(18)11(3-7)15(21,22)23/h1-6,14H,(H,26,27). The van der Waals surface area contributed by atoms with Gasteiger partial charge in [0.25, 0.3) is 5.91 Å². The van der Waals surface area contributed by atoms with Gasteiger partial charge in [-0.1, -0.05) is 0 Å². The molecule has 3 nitrogen and oxygen atoms in total. The number of anilines is 1. The van der Waals surface area contributed by atoms with E-state index in [2.05, 4.69) is 4.74 Å². The number of hydrogen-bond donors (Lipinski definition) is 1. The Morgan fingerprint density at radius 3 is 2.18 bits per heavy atom. The third-order valence-electron chi connectivity index (χ3n) is 3.17. The van der Waals surface area contributed by atoms with Gasteiger partial charge in [0, 0.05) is 23.4 Å². The summed E-state index contributed by atoms with van der Waals surface area (Å²) in [6.45, 7) is 0. The van der Waals surface area contributed by atoms with Crippen molar-refractivity contribution in [2.45, 2.75) is 18.7 Å². The van der Waals surface area contributed by atoms with E-state index in [4.69, 9.17) is 0 Å². The quantitative estimate of drug-likeness (QED) is 0.655. The lowest BCUT2D eigenvalue weighted by atomic mass is 10.1. The highest BCUT2D eigenvalue weighted by Gasteiger charge is 2.44. The van der Waals surface area contributed by atoms with Gasteiger partial charge in [-0.15, -0.1) is 0 Å². The predicted octanol–water partition coefficient (Wildman–Crippen LogP) is 5.47. The van der Waals surface area contributed by atoms with Crippen LogP contribution in [0.1, 0.15) is 15.9 Å². The molecular weight excluding hydrogens is 409 g/mol. The summed E-state index contributed by atoms with van der Waals surface area (Å²) in [5, 5.41) is 1.87. The van der Waals surface area contributed by atoms with Crippen molar-refractivity contribution in [3.05, 3.63) is 59.2 Å². The molecule has 0 saturated carbocycles. The van der Waals surface area contributed by atoms with Crippen LogP contribution in [-0.2, 0) is 6.18 Å². The molecule has 2 aromatic carbocycles. The first-order valence-electron chi connectivity index (χ1n) is 7.13. The summed E-state index contributed by atoms with van der Waals surface area (Å²) in [6.07, 6.45) is -14.3. The van der Waals surface area contributed by atoms with Crippen LogP contribution in [0.5, 0.6) is 5.75 Å². The Labute approximate surface area is 150 Å². The van der Waals surface area contributed by atoms with Crippen molar-refractivity contribution in [3.8, 4) is 5.75 Å². The Kier molecular flexibility index (Phi) is 5.80. The van der Waals surface area contributed by atoms with Gasteiger partial charge in [0.15, 0.2) is 0 Å². The van der Waals surface area contributed by atoms with Gasteiger partial charge in [0.05, 0.1) is 5.56 Å². The fourth-order valence-corrected chi connectivity index (χ4v) is 1.98. The number of rotatable bonds is 5. The van der Waals surface area contributed by atoms with Gasteiger partial charge >= 0.3 is 18.7 Å². The van der Waals surface area contributed by atoms with Crippen LogP contribution >= 0.6 is 0 Å². The number of benzene rings is 2. The third kappa shape index (κ3) is 5.08. The molecule has 0 spiro atoms.